The number of aromatic nitrogens is 1. The van der Waals surface area contributed by atoms with E-state index in [0.29, 0.717) is 16.3 Å². The highest BCUT2D eigenvalue weighted by Gasteiger charge is 2.16. The fourth-order valence-electron chi connectivity index (χ4n) is 1.98. The normalized spacial score (nSPS) is 10.5. The number of halogens is 1. The van der Waals surface area contributed by atoms with Gasteiger partial charge in [0.1, 0.15) is 0 Å². The summed E-state index contributed by atoms with van der Waals surface area (Å²) < 4.78 is 1.85. The molecule has 0 atom stereocenters. The molecule has 17 heavy (non-hydrogen) atoms. The van der Waals surface area contributed by atoms with Gasteiger partial charge in [0, 0.05) is 11.4 Å². The number of hydrogen-bond donors (Lipinski definition) is 1. The van der Waals surface area contributed by atoms with Crippen molar-refractivity contribution in [2.45, 2.75) is 13.8 Å². The molecule has 0 unspecified atom stereocenters. The fraction of sp³-hybridized carbons (Fsp3) is 0.154. The van der Waals surface area contributed by atoms with E-state index < -0.39 is 5.97 Å². The standard InChI is InChI=1S/C13H12ClNO2/c1-8-7-10(13(16)17)9(2)15(8)12-6-4-3-5-11(12)14/h3-7H,1-2H3,(H,16,17). The molecule has 0 aliphatic heterocycles. The summed E-state index contributed by atoms with van der Waals surface area (Å²) in [5.41, 5.74) is 2.65. The van der Waals surface area contributed by atoms with Crippen molar-refractivity contribution >= 4 is 17.6 Å². The molecule has 2 rings (SSSR count). The second kappa shape index (κ2) is 4.26. The smallest absolute Gasteiger partial charge is 0.337 e. The van der Waals surface area contributed by atoms with Crippen molar-refractivity contribution in [2.24, 2.45) is 0 Å². The van der Waals surface area contributed by atoms with Crippen molar-refractivity contribution in [3.05, 3.63) is 52.3 Å². The predicted molar refractivity (Wildman–Crippen MR) is 67.2 cm³/mol. The first-order valence-electron chi connectivity index (χ1n) is 5.19. The third-order valence-electron chi connectivity index (χ3n) is 2.75. The number of carbonyl (C=O) groups is 1. The molecule has 1 heterocycles. The van der Waals surface area contributed by atoms with Gasteiger partial charge >= 0.3 is 5.97 Å². The van der Waals surface area contributed by atoms with Crippen molar-refractivity contribution in [3.8, 4) is 5.69 Å². The number of carboxylic acid groups (broad SMARTS) is 1. The molecule has 0 spiro atoms. The first-order chi connectivity index (χ1) is 8.02. The molecule has 3 nitrogen and oxygen atoms in total. The quantitative estimate of drug-likeness (QED) is 0.886. The zero-order chi connectivity index (χ0) is 12.6. The largest absolute Gasteiger partial charge is 0.478 e. The minimum absolute atomic E-state index is 0.308. The van der Waals surface area contributed by atoms with Gasteiger partial charge < -0.3 is 9.67 Å². The van der Waals surface area contributed by atoms with E-state index in [2.05, 4.69) is 0 Å². The monoisotopic (exact) mass is 249 g/mol. The van der Waals surface area contributed by atoms with Crippen LogP contribution in [0.25, 0.3) is 5.69 Å². The first kappa shape index (κ1) is 11.7. The maximum Gasteiger partial charge on any atom is 0.337 e. The van der Waals surface area contributed by atoms with Crippen LogP contribution in [0.4, 0.5) is 0 Å². The Kier molecular flexibility index (Phi) is 2.94. The molecule has 1 aromatic heterocycles. The summed E-state index contributed by atoms with van der Waals surface area (Å²) in [5, 5.41) is 9.68. The molecule has 1 aromatic carbocycles. The number of rotatable bonds is 2. The van der Waals surface area contributed by atoms with E-state index in [9.17, 15) is 4.79 Å². The summed E-state index contributed by atoms with van der Waals surface area (Å²) in [4.78, 5) is 11.1. The summed E-state index contributed by atoms with van der Waals surface area (Å²) in [6.07, 6.45) is 0. The Morgan fingerprint density at radius 2 is 1.94 bits per heavy atom. The van der Waals surface area contributed by atoms with Gasteiger partial charge in [0.05, 0.1) is 16.3 Å². The van der Waals surface area contributed by atoms with E-state index in [1.54, 1.807) is 19.1 Å². The molecule has 0 aliphatic carbocycles. The number of carboxylic acids is 1. The van der Waals surface area contributed by atoms with Gasteiger partial charge in [-0.05, 0) is 32.0 Å². The predicted octanol–water partition coefficient (Wildman–Crippen LogP) is 3.45. The molecule has 0 radical (unpaired) electrons. The highest BCUT2D eigenvalue weighted by atomic mass is 35.5. The van der Waals surface area contributed by atoms with E-state index in [1.165, 1.54) is 0 Å². The van der Waals surface area contributed by atoms with E-state index in [-0.39, 0.29) is 0 Å². The molecule has 0 fully saturated rings. The number of para-hydroxylation sites is 1. The minimum Gasteiger partial charge on any atom is -0.478 e. The van der Waals surface area contributed by atoms with E-state index in [1.807, 2.05) is 29.7 Å². The summed E-state index contributed by atoms with van der Waals surface area (Å²) in [6.45, 7) is 3.64. The lowest BCUT2D eigenvalue weighted by Crippen LogP contribution is -2.02. The Balaban J connectivity index is 2.69. The topological polar surface area (TPSA) is 42.2 Å². The van der Waals surface area contributed by atoms with Crippen molar-refractivity contribution in [3.63, 3.8) is 0 Å². The molecule has 88 valence electrons. The van der Waals surface area contributed by atoms with Crippen LogP contribution in [0, 0.1) is 13.8 Å². The van der Waals surface area contributed by atoms with Gasteiger partial charge in [-0.2, -0.15) is 0 Å². The van der Waals surface area contributed by atoms with E-state index in [0.717, 1.165) is 11.4 Å². The molecule has 0 bridgehead atoms. The average Bonchev–Trinajstić information content (AvgIpc) is 2.56. The molecule has 0 amide bonds. The average molecular weight is 250 g/mol. The third-order valence-corrected chi connectivity index (χ3v) is 3.07. The zero-order valence-corrected chi connectivity index (χ0v) is 10.3. The zero-order valence-electron chi connectivity index (χ0n) is 9.57. The van der Waals surface area contributed by atoms with E-state index in [4.69, 9.17) is 16.7 Å². The SMILES string of the molecule is Cc1cc(C(=O)O)c(C)n1-c1ccccc1Cl. The van der Waals surface area contributed by atoms with Crippen LogP contribution >= 0.6 is 11.6 Å². The summed E-state index contributed by atoms with van der Waals surface area (Å²) in [6, 6.07) is 9.03. The number of aryl methyl sites for hydroxylation is 1. The number of nitrogens with zero attached hydrogens (tertiary/aromatic N) is 1. The van der Waals surface area contributed by atoms with Crippen LogP contribution in [0.5, 0.6) is 0 Å². The van der Waals surface area contributed by atoms with Crippen LogP contribution < -0.4 is 0 Å². The summed E-state index contributed by atoms with van der Waals surface area (Å²) >= 11 is 6.12. The van der Waals surface area contributed by atoms with Crippen molar-refractivity contribution < 1.29 is 9.90 Å². The summed E-state index contributed by atoms with van der Waals surface area (Å²) in [5.74, 6) is -0.920. The molecule has 2 aromatic rings. The van der Waals surface area contributed by atoms with Crippen molar-refractivity contribution in [2.75, 3.05) is 0 Å². The molecule has 0 aliphatic rings. The Labute approximate surface area is 104 Å². The maximum atomic E-state index is 11.1. The Morgan fingerprint density at radius 1 is 1.29 bits per heavy atom. The molecule has 1 N–H and O–H groups in total. The number of hydrogen-bond acceptors (Lipinski definition) is 1. The van der Waals surface area contributed by atoms with Crippen LogP contribution in [0.3, 0.4) is 0 Å². The molecular formula is C13H12ClNO2. The number of benzene rings is 1. The van der Waals surface area contributed by atoms with Crippen LogP contribution in [0.2, 0.25) is 5.02 Å². The lowest BCUT2D eigenvalue weighted by molar-refractivity contribution is 0.0696. The van der Waals surface area contributed by atoms with Crippen molar-refractivity contribution in [1.82, 2.24) is 4.57 Å². The lowest BCUT2D eigenvalue weighted by Gasteiger charge is -2.11. The highest BCUT2D eigenvalue weighted by Crippen LogP contribution is 2.26. The molecule has 0 saturated heterocycles. The fourth-order valence-corrected chi connectivity index (χ4v) is 2.20. The Bertz CT molecular complexity index is 587. The van der Waals surface area contributed by atoms with Gasteiger partial charge in [-0.25, -0.2) is 4.79 Å². The molecule has 0 saturated carbocycles. The highest BCUT2D eigenvalue weighted by molar-refractivity contribution is 6.32. The van der Waals surface area contributed by atoms with Gasteiger partial charge in [-0.15, -0.1) is 0 Å². The Hall–Kier alpha value is -1.74. The second-order valence-corrected chi connectivity index (χ2v) is 4.28. The molecule has 4 heteroatoms. The van der Waals surface area contributed by atoms with Crippen LogP contribution in [-0.4, -0.2) is 15.6 Å². The Morgan fingerprint density at radius 3 is 2.47 bits per heavy atom. The van der Waals surface area contributed by atoms with Gasteiger partial charge in [0.2, 0.25) is 0 Å². The first-order valence-corrected chi connectivity index (χ1v) is 5.57. The lowest BCUT2D eigenvalue weighted by atomic mass is 10.2. The van der Waals surface area contributed by atoms with Gasteiger partial charge in [-0.1, -0.05) is 23.7 Å². The minimum atomic E-state index is -0.920. The van der Waals surface area contributed by atoms with Crippen LogP contribution in [-0.2, 0) is 0 Å². The maximum absolute atomic E-state index is 11.1. The van der Waals surface area contributed by atoms with Gasteiger partial charge in [0.15, 0.2) is 0 Å². The number of aromatic carboxylic acids is 1. The molecular weight excluding hydrogens is 238 g/mol. The third kappa shape index (κ3) is 1.94. The van der Waals surface area contributed by atoms with E-state index >= 15 is 0 Å². The van der Waals surface area contributed by atoms with Crippen LogP contribution in [0.15, 0.2) is 30.3 Å². The summed E-state index contributed by atoms with van der Waals surface area (Å²) in [7, 11) is 0. The van der Waals surface area contributed by atoms with Gasteiger partial charge in [-0.3, -0.25) is 0 Å². The second-order valence-electron chi connectivity index (χ2n) is 3.88. The van der Waals surface area contributed by atoms with Gasteiger partial charge in [0.25, 0.3) is 0 Å². The van der Waals surface area contributed by atoms with Crippen molar-refractivity contribution in [1.29, 1.82) is 0 Å². The van der Waals surface area contributed by atoms with Crippen LogP contribution in [0.1, 0.15) is 21.7 Å².